The van der Waals surface area contributed by atoms with E-state index >= 15 is 0 Å². The predicted octanol–water partition coefficient (Wildman–Crippen LogP) is 1.90. The molecule has 19 heavy (non-hydrogen) atoms. The van der Waals surface area contributed by atoms with E-state index in [1.807, 2.05) is 0 Å². The normalized spacial score (nSPS) is 12.1. The molecule has 0 aliphatic carbocycles. The first-order chi connectivity index (χ1) is 9.09. The molecule has 2 aromatic heterocycles. The monoisotopic (exact) mass is 280 g/mol. The minimum atomic E-state index is -0.769. The van der Waals surface area contributed by atoms with Gasteiger partial charge in [0.2, 0.25) is 5.82 Å². The van der Waals surface area contributed by atoms with Crippen LogP contribution in [0.4, 0.5) is 11.5 Å². The van der Waals surface area contributed by atoms with Crippen LogP contribution < -0.4 is 5.32 Å². The fourth-order valence-electron chi connectivity index (χ4n) is 1.59. The number of pyridine rings is 1. The molecular formula is C11H12N4O3S. The van der Waals surface area contributed by atoms with Gasteiger partial charge in [-0.3, -0.25) is 15.1 Å². The molecule has 7 nitrogen and oxygen atoms in total. The number of aryl methyl sites for hydroxylation is 1. The fraction of sp³-hybridized carbons (Fsp3) is 0.273. The Balaban J connectivity index is 2.12. The van der Waals surface area contributed by atoms with Crippen LogP contribution in [0.1, 0.15) is 16.5 Å². The second kappa shape index (κ2) is 5.72. The topological polar surface area (TPSA) is 101 Å². The highest BCUT2D eigenvalue weighted by molar-refractivity contribution is 7.09. The number of hydrogen-bond acceptors (Lipinski definition) is 7. The summed E-state index contributed by atoms with van der Waals surface area (Å²) in [6.45, 7) is 1.78. The molecule has 2 N–H and O–H groups in total. The minimum Gasteiger partial charge on any atom is -0.386 e. The molecule has 2 rings (SSSR count). The molecule has 0 aromatic carbocycles. The molecule has 0 aliphatic rings. The van der Waals surface area contributed by atoms with Gasteiger partial charge >= 0.3 is 5.69 Å². The first-order valence-electron chi connectivity index (χ1n) is 5.50. The number of rotatable bonds is 5. The number of aliphatic hydroxyl groups is 1. The van der Waals surface area contributed by atoms with Crippen molar-refractivity contribution < 1.29 is 10.0 Å². The molecule has 1 atom stereocenters. The van der Waals surface area contributed by atoms with Crippen molar-refractivity contribution in [1.29, 1.82) is 0 Å². The van der Waals surface area contributed by atoms with E-state index in [9.17, 15) is 15.2 Å². The van der Waals surface area contributed by atoms with Crippen LogP contribution in [0.5, 0.6) is 0 Å². The van der Waals surface area contributed by atoms with Crippen LogP contribution in [0, 0.1) is 17.0 Å². The Morgan fingerprint density at radius 1 is 1.63 bits per heavy atom. The van der Waals surface area contributed by atoms with E-state index in [1.54, 1.807) is 24.7 Å². The van der Waals surface area contributed by atoms with Gasteiger partial charge in [0.05, 0.1) is 15.3 Å². The lowest BCUT2D eigenvalue weighted by Gasteiger charge is -2.11. The van der Waals surface area contributed by atoms with Crippen LogP contribution in [-0.4, -0.2) is 26.5 Å². The summed E-state index contributed by atoms with van der Waals surface area (Å²) in [5.41, 5.74) is 2.07. The van der Waals surface area contributed by atoms with E-state index in [0.717, 1.165) is 0 Å². The van der Waals surface area contributed by atoms with Crippen molar-refractivity contribution in [3.05, 3.63) is 44.5 Å². The summed E-state index contributed by atoms with van der Waals surface area (Å²) >= 11 is 1.32. The SMILES string of the molecule is Cc1ccnc(NCC(O)c2cncs2)c1[N+](=O)[O-]. The largest absolute Gasteiger partial charge is 0.386 e. The number of nitro groups is 1. The number of aliphatic hydroxyl groups excluding tert-OH is 1. The molecule has 0 fully saturated rings. The summed E-state index contributed by atoms with van der Waals surface area (Å²) in [5, 5.41) is 23.7. The predicted molar refractivity (Wildman–Crippen MR) is 71.2 cm³/mol. The van der Waals surface area contributed by atoms with Crippen molar-refractivity contribution in [3.8, 4) is 0 Å². The zero-order valence-electron chi connectivity index (χ0n) is 10.1. The Hall–Kier alpha value is -2.06. The van der Waals surface area contributed by atoms with E-state index in [-0.39, 0.29) is 18.1 Å². The third-order valence-electron chi connectivity index (χ3n) is 2.55. The summed E-state index contributed by atoms with van der Waals surface area (Å²) in [4.78, 5) is 19.0. The molecule has 2 aromatic rings. The third-order valence-corrected chi connectivity index (χ3v) is 3.43. The molecule has 0 saturated heterocycles. The summed E-state index contributed by atoms with van der Waals surface area (Å²) in [6, 6.07) is 1.57. The van der Waals surface area contributed by atoms with Crippen LogP contribution in [0.25, 0.3) is 0 Å². The Morgan fingerprint density at radius 3 is 3.05 bits per heavy atom. The number of aromatic nitrogens is 2. The second-order valence-corrected chi connectivity index (χ2v) is 4.80. The number of anilines is 1. The van der Waals surface area contributed by atoms with E-state index in [0.29, 0.717) is 10.4 Å². The van der Waals surface area contributed by atoms with E-state index in [4.69, 9.17) is 0 Å². The number of thiazole rings is 1. The maximum absolute atomic E-state index is 11.0. The highest BCUT2D eigenvalue weighted by Crippen LogP contribution is 2.26. The Morgan fingerprint density at radius 2 is 2.42 bits per heavy atom. The van der Waals surface area contributed by atoms with Gasteiger partial charge in [0, 0.05) is 24.5 Å². The molecule has 0 aliphatic heterocycles. The Labute approximate surface area is 113 Å². The van der Waals surface area contributed by atoms with Crippen LogP contribution >= 0.6 is 11.3 Å². The zero-order chi connectivity index (χ0) is 13.8. The molecule has 2 heterocycles. The van der Waals surface area contributed by atoms with Crippen molar-refractivity contribution in [2.24, 2.45) is 0 Å². The first-order valence-corrected chi connectivity index (χ1v) is 6.38. The minimum absolute atomic E-state index is 0.0704. The summed E-state index contributed by atoms with van der Waals surface area (Å²) in [7, 11) is 0. The van der Waals surface area contributed by atoms with Gasteiger partial charge < -0.3 is 10.4 Å². The van der Waals surface area contributed by atoms with Crippen LogP contribution in [0.3, 0.4) is 0 Å². The van der Waals surface area contributed by atoms with Crippen molar-refractivity contribution in [2.45, 2.75) is 13.0 Å². The van der Waals surface area contributed by atoms with Gasteiger partial charge in [0.25, 0.3) is 0 Å². The third kappa shape index (κ3) is 3.04. The standard InChI is InChI=1S/C11H12N4O3S/c1-7-2-3-13-11(10(7)15(17)18)14-4-8(16)9-5-12-6-19-9/h2-3,5-6,8,16H,4H2,1H3,(H,13,14). The lowest BCUT2D eigenvalue weighted by Crippen LogP contribution is -2.13. The average Bonchev–Trinajstić information content (AvgIpc) is 2.89. The molecule has 8 heteroatoms. The van der Waals surface area contributed by atoms with Crippen molar-refractivity contribution in [2.75, 3.05) is 11.9 Å². The molecule has 0 spiro atoms. The molecule has 0 bridgehead atoms. The van der Waals surface area contributed by atoms with Gasteiger partial charge in [-0.1, -0.05) is 0 Å². The lowest BCUT2D eigenvalue weighted by molar-refractivity contribution is -0.384. The molecular weight excluding hydrogens is 268 g/mol. The quantitative estimate of drug-likeness (QED) is 0.640. The molecule has 0 saturated carbocycles. The Bertz CT molecular complexity index is 573. The van der Waals surface area contributed by atoms with Gasteiger partial charge in [-0.25, -0.2) is 4.98 Å². The zero-order valence-corrected chi connectivity index (χ0v) is 10.9. The maximum Gasteiger partial charge on any atom is 0.314 e. The molecule has 0 amide bonds. The van der Waals surface area contributed by atoms with Gasteiger partial charge in [0.1, 0.15) is 6.10 Å². The maximum atomic E-state index is 11.0. The fourth-order valence-corrected chi connectivity index (χ4v) is 2.20. The number of hydrogen-bond donors (Lipinski definition) is 2. The summed E-state index contributed by atoms with van der Waals surface area (Å²) < 4.78 is 0. The van der Waals surface area contributed by atoms with Gasteiger partial charge in [-0.15, -0.1) is 11.3 Å². The number of nitrogens with one attached hydrogen (secondary N) is 1. The van der Waals surface area contributed by atoms with Crippen molar-refractivity contribution in [3.63, 3.8) is 0 Å². The summed E-state index contributed by atoms with van der Waals surface area (Å²) in [5.74, 6) is 0.161. The average molecular weight is 280 g/mol. The van der Waals surface area contributed by atoms with Crippen molar-refractivity contribution in [1.82, 2.24) is 9.97 Å². The van der Waals surface area contributed by atoms with Gasteiger partial charge in [0.15, 0.2) is 0 Å². The van der Waals surface area contributed by atoms with Crippen molar-refractivity contribution >= 4 is 22.8 Å². The Kier molecular flexibility index (Phi) is 4.03. The van der Waals surface area contributed by atoms with E-state index in [1.165, 1.54) is 17.5 Å². The van der Waals surface area contributed by atoms with Gasteiger partial charge in [-0.05, 0) is 13.0 Å². The number of nitrogens with zero attached hydrogens (tertiary/aromatic N) is 3. The van der Waals surface area contributed by atoms with Crippen LogP contribution in [-0.2, 0) is 0 Å². The van der Waals surface area contributed by atoms with Crippen LogP contribution in [0.15, 0.2) is 24.0 Å². The smallest absolute Gasteiger partial charge is 0.314 e. The van der Waals surface area contributed by atoms with E-state index in [2.05, 4.69) is 15.3 Å². The first kappa shape index (κ1) is 13.4. The van der Waals surface area contributed by atoms with E-state index < -0.39 is 11.0 Å². The highest BCUT2D eigenvalue weighted by atomic mass is 32.1. The summed E-state index contributed by atoms with van der Waals surface area (Å²) in [6.07, 6.45) is 2.29. The second-order valence-electron chi connectivity index (χ2n) is 3.88. The molecule has 100 valence electrons. The lowest BCUT2D eigenvalue weighted by atomic mass is 10.2. The highest BCUT2D eigenvalue weighted by Gasteiger charge is 2.19. The molecule has 1 unspecified atom stereocenters. The van der Waals surface area contributed by atoms with Gasteiger partial charge in [-0.2, -0.15) is 0 Å². The molecule has 0 radical (unpaired) electrons. The van der Waals surface area contributed by atoms with Crippen LogP contribution in [0.2, 0.25) is 0 Å².